The number of hydrogen-bond acceptors (Lipinski definition) is 3. The van der Waals surface area contributed by atoms with Crippen LogP contribution in [0.1, 0.15) is 61.6 Å². The van der Waals surface area contributed by atoms with Crippen molar-refractivity contribution in [1.29, 1.82) is 0 Å². The van der Waals surface area contributed by atoms with Gasteiger partial charge in [-0.1, -0.05) is 12.1 Å². The first-order valence-corrected chi connectivity index (χ1v) is 9.68. The number of esters is 1. The second-order valence-electron chi connectivity index (χ2n) is 7.28. The smallest absolute Gasteiger partial charge is 0.416 e. The summed E-state index contributed by atoms with van der Waals surface area (Å²) in [6.45, 7) is 3.89. The first-order chi connectivity index (χ1) is 12.9. The summed E-state index contributed by atoms with van der Waals surface area (Å²) in [6, 6.07) is 4.16. The molecule has 148 valence electrons. The van der Waals surface area contributed by atoms with Crippen molar-refractivity contribution in [3.8, 4) is 0 Å². The minimum atomic E-state index is -4.36. The third kappa shape index (κ3) is 4.72. The highest BCUT2D eigenvalue weighted by molar-refractivity contribution is 5.76. The minimum absolute atomic E-state index is 0.193. The van der Waals surface area contributed by atoms with Crippen LogP contribution in [-0.2, 0) is 15.7 Å². The van der Waals surface area contributed by atoms with Gasteiger partial charge in [-0.05, 0) is 86.9 Å². The Morgan fingerprint density at radius 3 is 2.56 bits per heavy atom. The summed E-state index contributed by atoms with van der Waals surface area (Å²) in [4.78, 5) is 11.9. The van der Waals surface area contributed by atoms with E-state index in [0.717, 1.165) is 37.1 Å². The largest absolute Gasteiger partial charge is 0.466 e. The van der Waals surface area contributed by atoms with Crippen molar-refractivity contribution < 1.29 is 22.7 Å². The minimum Gasteiger partial charge on any atom is -0.466 e. The van der Waals surface area contributed by atoms with E-state index in [4.69, 9.17) is 4.74 Å². The number of hydrogen-bond donors (Lipinski definition) is 1. The molecule has 0 spiro atoms. The molecule has 0 aromatic heterocycles. The molecule has 1 heterocycles. The van der Waals surface area contributed by atoms with Crippen molar-refractivity contribution in [3.05, 3.63) is 41.0 Å². The molecule has 0 radical (unpaired) electrons. The Hall–Kier alpha value is -1.82. The number of benzene rings is 1. The predicted molar refractivity (Wildman–Crippen MR) is 98.2 cm³/mol. The van der Waals surface area contributed by atoms with Crippen molar-refractivity contribution in [3.63, 3.8) is 0 Å². The van der Waals surface area contributed by atoms with E-state index >= 15 is 0 Å². The quantitative estimate of drug-likeness (QED) is 0.753. The number of piperidine rings is 1. The van der Waals surface area contributed by atoms with Crippen LogP contribution in [0.4, 0.5) is 13.2 Å². The summed E-state index contributed by atoms with van der Waals surface area (Å²) in [5, 5.41) is 3.30. The Labute approximate surface area is 158 Å². The molecule has 1 aromatic carbocycles. The van der Waals surface area contributed by atoms with Crippen molar-refractivity contribution >= 4 is 11.5 Å². The molecule has 3 nitrogen and oxygen atoms in total. The van der Waals surface area contributed by atoms with Gasteiger partial charge in [0.1, 0.15) is 0 Å². The molecular formula is C21H26F3NO2. The van der Waals surface area contributed by atoms with Crippen LogP contribution >= 0.6 is 0 Å². The molecule has 1 aromatic rings. The van der Waals surface area contributed by atoms with Gasteiger partial charge in [0.25, 0.3) is 0 Å². The molecule has 2 aliphatic rings. The maximum absolute atomic E-state index is 13.3. The second kappa shape index (κ2) is 8.46. The molecule has 0 saturated carbocycles. The molecule has 0 bridgehead atoms. The average Bonchev–Trinajstić information content (AvgIpc) is 2.68. The third-order valence-corrected chi connectivity index (χ3v) is 5.54. The van der Waals surface area contributed by atoms with Gasteiger partial charge in [-0.2, -0.15) is 13.2 Å². The number of rotatable bonds is 4. The van der Waals surface area contributed by atoms with Crippen LogP contribution in [0.15, 0.2) is 24.3 Å². The highest BCUT2D eigenvalue weighted by Crippen LogP contribution is 2.40. The highest BCUT2D eigenvalue weighted by Gasteiger charge is 2.33. The monoisotopic (exact) mass is 381 g/mol. The predicted octanol–water partition coefficient (Wildman–Crippen LogP) is 4.92. The molecule has 0 amide bonds. The van der Waals surface area contributed by atoms with E-state index in [1.165, 1.54) is 12.1 Å². The summed E-state index contributed by atoms with van der Waals surface area (Å²) < 4.78 is 44.9. The van der Waals surface area contributed by atoms with Gasteiger partial charge in [0.05, 0.1) is 18.1 Å². The van der Waals surface area contributed by atoms with Gasteiger partial charge < -0.3 is 10.1 Å². The number of carbonyl (C=O) groups is 1. The topological polar surface area (TPSA) is 38.3 Å². The molecule has 1 aliphatic carbocycles. The van der Waals surface area contributed by atoms with E-state index in [-0.39, 0.29) is 17.8 Å². The standard InChI is InChI=1S/C21H26F3NO2/c1-2-27-20(26)16-5-3-14(4-6-16)19-13-17(21(22,23)24)7-8-18(19)15-9-11-25-12-10-15/h3,7-8,13,15-16,25H,2,4-6,9-12H2,1H3. The number of halogens is 3. The average molecular weight is 381 g/mol. The number of allylic oxidation sites excluding steroid dienone is 2. The molecule has 1 N–H and O–H groups in total. The lowest BCUT2D eigenvalue weighted by Crippen LogP contribution is -2.27. The van der Waals surface area contributed by atoms with Gasteiger partial charge >= 0.3 is 12.1 Å². The first-order valence-electron chi connectivity index (χ1n) is 9.68. The van der Waals surface area contributed by atoms with E-state index in [0.29, 0.717) is 31.4 Å². The van der Waals surface area contributed by atoms with Crippen molar-refractivity contribution in [2.24, 2.45) is 5.92 Å². The zero-order valence-electron chi connectivity index (χ0n) is 15.6. The fraction of sp³-hybridized carbons (Fsp3) is 0.571. The lowest BCUT2D eigenvalue weighted by atomic mass is 9.80. The lowest BCUT2D eigenvalue weighted by molar-refractivity contribution is -0.148. The molecule has 1 atom stereocenters. The fourth-order valence-corrected chi connectivity index (χ4v) is 4.05. The first kappa shape index (κ1) is 19.9. The Balaban J connectivity index is 1.91. The van der Waals surface area contributed by atoms with Crippen molar-refractivity contribution in [2.75, 3.05) is 19.7 Å². The SMILES string of the molecule is CCOC(=O)C1CC=C(c2cc(C(F)(F)F)ccc2C2CCNCC2)CC1. The van der Waals surface area contributed by atoms with Crippen LogP contribution in [0.2, 0.25) is 0 Å². The molecule has 3 rings (SSSR count). The van der Waals surface area contributed by atoms with Gasteiger partial charge in [0, 0.05) is 0 Å². The molecular weight excluding hydrogens is 355 g/mol. The van der Waals surface area contributed by atoms with Gasteiger partial charge in [-0.25, -0.2) is 0 Å². The van der Waals surface area contributed by atoms with Crippen LogP contribution in [0.3, 0.4) is 0 Å². The van der Waals surface area contributed by atoms with Crippen LogP contribution < -0.4 is 5.32 Å². The van der Waals surface area contributed by atoms with E-state index < -0.39 is 11.7 Å². The van der Waals surface area contributed by atoms with Crippen LogP contribution in [0.5, 0.6) is 0 Å². The Morgan fingerprint density at radius 1 is 1.22 bits per heavy atom. The van der Waals surface area contributed by atoms with Gasteiger partial charge in [-0.15, -0.1) is 0 Å². The van der Waals surface area contributed by atoms with Crippen LogP contribution in [0.25, 0.3) is 5.57 Å². The van der Waals surface area contributed by atoms with Gasteiger partial charge in [-0.3, -0.25) is 4.79 Å². The van der Waals surface area contributed by atoms with E-state index in [1.54, 1.807) is 13.0 Å². The normalized spacial score (nSPS) is 21.6. The number of carbonyl (C=O) groups excluding carboxylic acids is 1. The van der Waals surface area contributed by atoms with Gasteiger partial charge in [0.2, 0.25) is 0 Å². The van der Waals surface area contributed by atoms with Crippen LogP contribution in [-0.4, -0.2) is 25.7 Å². The van der Waals surface area contributed by atoms with E-state index in [2.05, 4.69) is 5.32 Å². The van der Waals surface area contributed by atoms with Crippen molar-refractivity contribution in [2.45, 2.75) is 51.1 Å². The fourth-order valence-electron chi connectivity index (χ4n) is 4.05. The summed E-state index contributed by atoms with van der Waals surface area (Å²) in [7, 11) is 0. The molecule has 6 heteroatoms. The van der Waals surface area contributed by atoms with E-state index in [9.17, 15) is 18.0 Å². The molecule has 27 heavy (non-hydrogen) atoms. The number of ether oxygens (including phenoxy) is 1. The molecule has 1 aliphatic heterocycles. The number of nitrogens with one attached hydrogen (secondary N) is 1. The summed E-state index contributed by atoms with van der Waals surface area (Å²) in [5.41, 5.74) is 2.03. The van der Waals surface area contributed by atoms with Crippen LogP contribution in [0, 0.1) is 5.92 Å². The zero-order valence-corrected chi connectivity index (χ0v) is 15.6. The molecule has 1 unspecified atom stereocenters. The molecule has 1 fully saturated rings. The Morgan fingerprint density at radius 2 is 1.96 bits per heavy atom. The third-order valence-electron chi connectivity index (χ3n) is 5.54. The summed E-state index contributed by atoms with van der Waals surface area (Å²) in [5.74, 6) is -0.135. The lowest BCUT2D eigenvalue weighted by Gasteiger charge is -2.28. The molecule has 1 saturated heterocycles. The Kier molecular flexibility index (Phi) is 6.25. The maximum Gasteiger partial charge on any atom is 0.416 e. The summed E-state index contributed by atoms with van der Waals surface area (Å²) >= 11 is 0. The highest BCUT2D eigenvalue weighted by atomic mass is 19.4. The zero-order chi connectivity index (χ0) is 19.4. The maximum atomic E-state index is 13.3. The second-order valence-corrected chi connectivity index (χ2v) is 7.28. The summed E-state index contributed by atoms with van der Waals surface area (Å²) in [6.07, 6.45) is 1.18. The Bertz CT molecular complexity index is 706. The van der Waals surface area contributed by atoms with Crippen molar-refractivity contribution in [1.82, 2.24) is 5.32 Å². The van der Waals surface area contributed by atoms with E-state index in [1.807, 2.05) is 6.08 Å². The number of alkyl halides is 3. The van der Waals surface area contributed by atoms with Gasteiger partial charge in [0.15, 0.2) is 0 Å².